The molecule has 5 nitrogen and oxygen atoms in total. The minimum atomic E-state index is -0.383. The van der Waals surface area contributed by atoms with E-state index in [1.807, 2.05) is 12.1 Å². The Kier molecular flexibility index (Phi) is 6.00. The molecule has 0 saturated heterocycles. The lowest BCUT2D eigenvalue weighted by Crippen LogP contribution is -2.28. The number of rotatable bonds is 5. The molecule has 2 amide bonds. The SMILES string of the molecule is CCOC(=O)c1ccc(NC(=O)NCc2ccc(Cl)cc2)cc1. The number of ether oxygens (including phenoxy) is 1. The number of urea groups is 1. The Hall–Kier alpha value is -2.53. The number of carbonyl (C=O) groups is 2. The van der Waals surface area contributed by atoms with Crippen LogP contribution in [0.15, 0.2) is 48.5 Å². The molecule has 0 aromatic heterocycles. The first kappa shape index (κ1) is 16.8. The van der Waals surface area contributed by atoms with Gasteiger partial charge in [0.15, 0.2) is 0 Å². The number of anilines is 1. The number of amides is 2. The molecule has 2 aromatic carbocycles. The number of benzene rings is 2. The summed E-state index contributed by atoms with van der Waals surface area (Å²) in [5.41, 5.74) is 1.98. The van der Waals surface area contributed by atoms with E-state index in [4.69, 9.17) is 16.3 Å². The average Bonchev–Trinajstić information content (AvgIpc) is 2.55. The Morgan fingerprint density at radius 2 is 1.70 bits per heavy atom. The first-order valence-corrected chi connectivity index (χ1v) is 7.52. The van der Waals surface area contributed by atoms with Gasteiger partial charge in [-0.05, 0) is 48.9 Å². The fourth-order valence-electron chi connectivity index (χ4n) is 1.86. The first-order valence-electron chi connectivity index (χ1n) is 7.15. The molecule has 0 aliphatic carbocycles. The molecule has 2 rings (SSSR count). The van der Waals surface area contributed by atoms with Gasteiger partial charge in [0.05, 0.1) is 12.2 Å². The zero-order chi connectivity index (χ0) is 16.7. The zero-order valence-corrected chi connectivity index (χ0v) is 13.4. The number of nitrogens with one attached hydrogen (secondary N) is 2. The topological polar surface area (TPSA) is 67.4 Å². The molecule has 0 saturated carbocycles. The maximum atomic E-state index is 11.8. The smallest absolute Gasteiger partial charge is 0.338 e. The Morgan fingerprint density at radius 1 is 1.04 bits per heavy atom. The highest BCUT2D eigenvalue weighted by molar-refractivity contribution is 6.30. The highest BCUT2D eigenvalue weighted by Gasteiger charge is 2.07. The van der Waals surface area contributed by atoms with Gasteiger partial charge in [-0.25, -0.2) is 9.59 Å². The second kappa shape index (κ2) is 8.19. The number of esters is 1. The maximum Gasteiger partial charge on any atom is 0.338 e. The molecule has 2 N–H and O–H groups in total. The van der Waals surface area contributed by atoms with Crippen LogP contribution in [-0.2, 0) is 11.3 Å². The third-order valence-corrected chi connectivity index (χ3v) is 3.27. The molecule has 0 radical (unpaired) electrons. The van der Waals surface area contributed by atoms with Crippen LogP contribution in [0.3, 0.4) is 0 Å². The van der Waals surface area contributed by atoms with E-state index in [0.717, 1.165) is 5.56 Å². The fourth-order valence-corrected chi connectivity index (χ4v) is 1.99. The van der Waals surface area contributed by atoms with Crippen LogP contribution in [0, 0.1) is 0 Å². The summed E-state index contributed by atoms with van der Waals surface area (Å²) in [6.07, 6.45) is 0. The van der Waals surface area contributed by atoms with Crippen molar-refractivity contribution in [3.63, 3.8) is 0 Å². The molecule has 0 bridgehead atoms. The van der Waals surface area contributed by atoms with Crippen molar-refractivity contribution in [1.29, 1.82) is 0 Å². The lowest BCUT2D eigenvalue weighted by molar-refractivity contribution is 0.0526. The Bertz CT molecular complexity index is 669. The van der Waals surface area contributed by atoms with Crippen molar-refractivity contribution in [2.24, 2.45) is 0 Å². The summed E-state index contributed by atoms with van der Waals surface area (Å²) in [5.74, 6) is -0.383. The lowest BCUT2D eigenvalue weighted by Gasteiger charge is -2.08. The van der Waals surface area contributed by atoms with Gasteiger partial charge in [0.1, 0.15) is 0 Å². The van der Waals surface area contributed by atoms with E-state index in [1.165, 1.54) is 0 Å². The van der Waals surface area contributed by atoms with E-state index in [9.17, 15) is 9.59 Å². The van der Waals surface area contributed by atoms with Gasteiger partial charge in [-0.1, -0.05) is 23.7 Å². The van der Waals surface area contributed by atoms with Crippen LogP contribution >= 0.6 is 11.6 Å². The Labute approximate surface area is 139 Å². The van der Waals surface area contributed by atoms with Crippen molar-refractivity contribution in [3.8, 4) is 0 Å². The molecule has 23 heavy (non-hydrogen) atoms. The van der Waals surface area contributed by atoms with Crippen molar-refractivity contribution in [2.75, 3.05) is 11.9 Å². The van der Waals surface area contributed by atoms with Gasteiger partial charge >= 0.3 is 12.0 Å². The monoisotopic (exact) mass is 332 g/mol. The molecule has 6 heteroatoms. The second-order valence-corrected chi connectivity index (χ2v) is 5.17. The van der Waals surface area contributed by atoms with E-state index < -0.39 is 0 Å². The van der Waals surface area contributed by atoms with Crippen molar-refractivity contribution in [1.82, 2.24) is 5.32 Å². The number of halogens is 1. The molecular weight excluding hydrogens is 316 g/mol. The molecule has 0 aliphatic rings. The highest BCUT2D eigenvalue weighted by Crippen LogP contribution is 2.11. The number of hydrogen-bond donors (Lipinski definition) is 2. The maximum absolute atomic E-state index is 11.8. The van der Waals surface area contributed by atoms with E-state index in [1.54, 1.807) is 43.3 Å². The third kappa shape index (κ3) is 5.30. The van der Waals surface area contributed by atoms with Crippen LogP contribution in [0.1, 0.15) is 22.8 Å². The van der Waals surface area contributed by atoms with Gasteiger partial charge in [-0.15, -0.1) is 0 Å². The van der Waals surface area contributed by atoms with E-state index >= 15 is 0 Å². The van der Waals surface area contributed by atoms with Crippen molar-refractivity contribution in [3.05, 3.63) is 64.7 Å². The highest BCUT2D eigenvalue weighted by atomic mass is 35.5. The van der Waals surface area contributed by atoms with E-state index in [0.29, 0.717) is 29.4 Å². The molecule has 0 fully saturated rings. The van der Waals surface area contributed by atoms with Crippen LogP contribution < -0.4 is 10.6 Å². The Morgan fingerprint density at radius 3 is 2.30 bits per heavy atom. The van der Waals surface area contributed by atoms with Gasteiger partial charge in [0, 0.05) is 17.3 Å². The minimum Gasteiger partial charge on any atom is -0.462 e. The van der Waals surface area contributed by atoms with Gasteiger partial charge in [0.2, 0.25) is 0 Å². The molecule has 0 unspecified atom stereocenters. The van der Waals surface area contributed by atoms with Crippen LogP contribution in [0.2, 0.25) is 5.02 Å². The first-order chi connectivity index (χ1) is 11.1. The molecule has 0 heterocycles. The average molecular weight is 333 g/mol. The molecular formula is C17H17ClN2O3. The fraction of sp³-hybridized carbons (Fsp3) is 0.176. The molecule has 0 aliphatic heterocycles. The normalized spacial score (nSPS) is 10.0. The molecule has 0 spiro atoms. The predicted octanol–water partition coefficient (Wildman–Crippen LogP) is 3.84. The predicted molar refractivity (Wildman–Crippen MR) is 89.7 cm³/mol. The summed E-state index contributed by atoms with van der Waals surface area (Å²) in [7, 11) is 0. The quantitative estimate of drug-likeness (QED) is 0.817. The third-order valence-electron chi connectivity index (χ3n) is 3.02. The van der Waals surface area contributed by atoms with Crippen LogP contribution in [0.25, 0.3) is 0 Å². The van der Waals surface area contributed by atoms with Gasteiger partial charge in [-0.3, -0.25) is 0 Å². The summed E-state index contributed by atoms with van der Waals surface area (Å²) < 4.78 is 4.90. The van der Waals surface area contributed by atoms with E-state index in [2.05, 4.69) is 10.6 Å². The summed E-state index contributed by atoms with van der Waals surface area (Å²) in [5, 5.41) is 6.09. The number of carbonyl (C=O) groups excluding carboxylic acids is 2. The minimum absolute atomic E-state index is 0.325. The molecule has 0 atom stereocenters. The molecule has 120 valence electrons. The number of hydrogen-bond acceptors (Lipinski definition) is 3. The largest absolute Gasteiger partial charge is 0.462 e. The Balaban J connectivity index is 1.85. The van der Waals surface area contributed by atoms with Crippen LogP contribution in [0.5, 0.6) is 0 Å². The lowest BCUT2D eigenvalue weighted by atomic mass is 10.2. The van der Waals surface area contributed by atoms with Gasteiger partial charge in [0.25, 0.3) is 0 Å². The molecule has 2 aromatic rings. The second-order valence-electron chi connectivity index (χ2n) is 4.73. The van der Waals surface area contributed by atoms with Crippen molar-refractivity contribution < 1.29 is 14.3 Å². The summed E-state index contributed by atoms with van der Waals surface area (Å²) in [6, 6.07) is 13.4. The van der Waals surface area contributed by atoms with Gasteiger partial charge < -0.3 is 15.4 Å². The van der Waals surface area contributed by atoms with Gasteiger partial charge in [-0.2, -0.15) is 0 Å². The van der Waals surface area contributed by atoms with Crippen molar-refractivity contribution in [2.45, 2.75) is 13.5 Å². The van der Waals surface area contributed by atoms with Crippen LogP contribution in [0.4, 0.5) is 10.5 Å². The van der Waals surface area contributed by atoms with Crippen LogP contribution in [-0.4, -0.2) is 18.6 Å². The summed E-state index contributed by atoms with van der Waals surface area (Å²) >= 11 is 5.80. The standard InChI is InChI=1S/C17H17ClN2O3/c1-2-23-16(21)13-5-9-15(10-6-13)20-17(22)19-11-12-3-7-14(18)8-4-12/h3-10H,2,11H2,1H3,(H2,19,20,22). The summed E-state index contributed by atoms with van der Waals surface area (Å²) in [4.78, 5) is 23.4. The van der Waals surface area contributed by atoms with E-state index in [-0.39, 0.29) is 12.0 Å². The zero-order valence-electron chi connectivity index (χ0n) is 12.6. The van der Waals surface area contributed by atoms with Crippen molar-refractivity contribution >= 4 is 29.3 Å². The summed E-state index contributed by atoms with van der Waals surface area (Å²) in [6.45, 7) is 2.47.